The summed E-state index contributed by atoms with van der Waals surface area (Å²) in [5.41, 5.74) is -0.465. The molecule has 0 aliphatic carbocycles. The standard InChI is InChI=1S/C13H23NO4/c1-8-6-10(15)14(7-13(3,4)18-5)9(2)11(8)12(16)17/h8-9,11H,6-7H2,1-5H3,(H,16,17). The van der Waals surface area contributed by atoms with Gasteiger partial charge in [-0.3, -0.25) is 9.59 Å². The van der Waals surface area contributed by atoms with E-state index in [-0.39, 0.29) is 17.9 Å². The van der Waals surface area contributed by atoms with Crippen LogP contribution in [0, 0.1) is 11.8 Å². The number of aliphatic carboxylic acids is 1. The first-order chi connectivity index (χ1) is 8.19. The zero-order valence-corrected chi connectivity index (χ0v) is 11.8. The molecule has 18 heavy (non-hydrogen) atoms. The molecular weight excluding hydrogens is 234 g/mol. The highest BCUT2D eigenvalue weighted by Gasteiger charge is 2.43. The van der Waals surface area contributed by atoms with Crippen molar-refractivity contribution in [2.24, 2.45) is 11.8 Å². The van der Waals surface area contributed by atoms with Crippen LogP contribution in [0.25, 0.3) is 0 Å². The minimum Gasteiger partial charge on any atom is -0.481 e. The lowest BCUT2D eigenvalue weighted by Crippen LogP contribution is -2.56. The minimum atomic E-state index is -0.831. The highest BCUT2D eigenvalue weighted by molar-refractivity contribution is 5.82. The predicted molar refractivity (Wildman–Crippen MR) is 67.2 cm³/mol. The van der Waals surface area contributed by atoms with Crippen LogP contribution in [0.5, 0.6) is 0 Å². The van der Waals surface area contributed by atoms with Gasteiger partial charge in [0.15, 0.2) is 0 Å². The number of piperidine rings is 1. The van der Waals surface area contributed by atoms with Crippen LogP contribution >= 0.6 is 0 Å². The fraction of sp³-hybridized carbons (Fsp3) is 0.846. The Labute approximate surface area is 108 Å². The van der Waals surface area contributed by atoms with Crippen molar-refractivity contribution in [1.29, 1.82) is 0 Å². The summed E-state index contributed by atoms with van der Waals surface area (Å²) in [6.45, 7) is 7.83. The van der Waals surface area contributed by atoms with Gasteiger partial charge in [-0.15, -0.1) is 0 Å². The van der Waals surface area contributed by atoms with E-state index >= 15 is 0 Å². The van der Waals surface area contributed by atoms with E-state index in [1.165, 1.54) is 0 Å². The van der Waals surface area contributed by atoms with Crippen molar-refractivity contribution in [3.05, 3.63) is 0 Å². The van der Waals surface area contributed by atoms with Crippen molar-refractivity contribution < 1.29 is 19.4 Å². The van der Waals surface area contributed by atoms with Gasteiger partial charge in [0.25, 0.3) is 0 Å². The summed E-state index contributed by atoms with van der Waals surface area (Å²) >= 11 is 0. The number of rotatable bonds is 4. The fourth-order valence-electron chi connectivity index (χ4n) is 2.57. The molecule has 1 heterocycles. The molecule has 5 nitrogen and oxygen atoms in total. The summed E-state index contributed by atoms with van der Waals surface area (Å²) in [6, 6.07) is -0.298. The molecule has 1 rings (SSSR count). The lowest BCUT2D eigenvalue weighted by atomic mass is 9.80. The average molecular weight is 257 g/mol. The van der Waals surface area contributed by atoms with Crippen molar-refractivity contribution in [1.82, 2.24) is 4.90 Å². The maximum atomic E-state index is 12.1. The fourth-order valence-corrected chi connectivity index (χ4v) is 2.57. The van der Waals surface area contributed by atoms with Gasteiger partial charge in [0.05, 0.1) is 11.5 Å². The first kappa shape index (κ1) is 15.0. The van der Waals surface area contributed by atoms with Gasteiger partial charge in [-0.05, 0) is 26.7 Å². The molecule has 1 N–H and O–H groups in total. The van der Waals surface area contributed by atoms with E-state index < -0.39 is 17.5 Å². The lowest BCUT2D eigenvalue weighted by molar-refractivity contribution is -0.157. The smallest absolute Gasteiger partial charge is 0.308 e. The number of ether oxygens (including phenoxy) is 1. The number of likely N-dealkylation sites (tertiary alicyclic amines) is 1. The molecule has 3 atom stereocenters. The molecule has 1 saturated heterocycles. The molecule has 0 radical (unpaired) electrons. The number of hydrogen-bond donors (Lipinski definition) is 1. The minimum absolute atomic E-state index is 0.0117. The van der Waals surface area contributed by atoms with Gasteiger partial charge in [0.2, 0.25) is 5.91 Å². The number of methoxy groups -OCH3 is 1. The van der Waals surface area contributed by atoms with Crippen LogP contribution < -0.4 is 0 Å². The second-order valence-electron chi connectivity index (χ2n) is 5.77. The summed E-state index contributed by atoms with van der Waals surface area (Å²) < 4.78 is 5.32. The van der Waals surface area contributed by atoms with Gasteiger partial charge in [-0.25, -0.2) is 0 Å². The van der Waals surface area contributed by atoms with Crippen molar-refractivity contribution in [2.75, 3.05) is 13.7 Å². The second kappa shape index (κ2) is 5.26. The van der Waals surface area contributed by atoms with E-state index in [4.69, 9.17) is 4.74 Å². The maximum Gasteiger partial charge on any atom is 0.308 e. The van der Waals surface area contributed by atoms with Crippen molar-refractivity contribution in [2.45, 2.75) is 45.8 Å². The lowest BCUT2D eigenvalue weighted by Gasteiger charge is -2.43. The predicted octanol–water partition coefficient (Wildman–Crippen LogP) is 1.37. The number of carbonyl (C=O) groups is 2. The SMILES string of the molecule is COC(C)(C)CN1C(=O)CC(C)C(C(=O)O)C1C. The molecule has 5 heteroatoms. The number of carboxylic acids is 1. The van der Waals surface area contributed by atoms with E-state index in [0.717, 1.165) is 0 Å². The van der Waals surface area contributed by atoms with Crippen molar-refractivity contribution in [3.8, 4) is 0 Å². The van der Waals surface area contributed by atoms with Crippen molar-refractivity contribution >= 4 is 11.9 Å². The third-order valence-electron chi connectivity index (χ3n) is 3.83. The topological polar surface area (TPSA) is 66.8 Å². The maximum absolute atomic E-state index is 12.1. The Hall–Kier alpha value is -1.10. The van der Waals surface area contributed by atoms with Crippen LogP contribution in [0.15, 0.2) is 0 Å². The van der Waals surface area contributed by atoms with Crippen LogP contribution in [0.1, 0.15) is 34.1 Å². The quantitative estimate of drug-likeness (QED) is 0.826. The zero-order valence-electron chi connectivity index (χ0n) is 11.8. The summed E-state index contributed by atoms with van der Waals surface area (Å²) in [6.07, 6.45) is 0.293. The molecule has 1 amide bonds. The van der Waals surface area contributed by atoms with Gasteiger partial charge < -0.3 is 14.7 Å². The Balaban J connectivity index is 2.90. The summed E-state index contributed by atoms with van der Waals surface area (Å²) in [4.78, 5) is 25.0. The van der Waals surface area contributed by atoms with Crippen LogP contribution in [0.3, 0.4) is 0 Å². The van der Waals surface area contributed by atoms with E-state index in [2.05, 4.69) is 0 Å². The molecule has 1 aliphatic rings. The summed E-state index contributed by atoms with van der Waals surface area (Å²) in [5, 5.41) is 9.27. The van der Waals surface area contributed by atoms with Gasteiger partial charge in [-0.2, -0.15) is 0 Å². The van der Waals surface area contributed by atoms with Crippen LogP contribution in [0.4, 0.5) is 0 Å². The summed E-state index contributed by atoms with van der Waals surface area (Å²) in [5.74, 6) is -1.44. The number of amides is 1. The number of carboxylic acid groups (broad SMARTS) is 1. The molecule has 0 aromatic rings. The van der Waals surface area contributed by atoms with E-state index in [1.807, 2.05) is 20.8 Å². The Kier molecular flexibility index (Phi) is 4.37. The molecule has 3 unspecified atom stereocenters. The molecule has 0 bridgehead atoms. The first-order valence-electron chi connectivity index (χ1n) is 6.27. The number of carbonyl (C=O) groups excluding carboxylic acids is 1. The highest BCUT2D eigenvalue weighted by atomic mass is 16.5. The van der Waals surface area contributed by atoms with E-state index in [9.17, 15) is 14.7 Å². The normalized spacial score (nSPS) is 29.5. The molecule has 0 spiro atoms. The van der Waals surface area contributed by atoms with Crippen LogP contribution in [0.2, 0.25) is 0 Å². The van der Waals surface area contributed by atoms with E-state index in [0.29, 0.717) is 13.0 Å². The molecule has 1 fully saturated rings. The third-order valence-corrected chi connectivity index (χ3v) is 3.83. The number of nitrogens with zero attached hydrogens (tertiary/aromatic N) is 1. The van der Waals surface area contributed by atoms with Crippen LogP contribution in [-0.4, -0.2) is 47.2 Å². The first-order valence-corrected chi connectivity index (χ1v) is 6.27. The van der Waals surface area contributed by atoms with E-state index in [1.54, 1.807) is 18.9 Å². The van der Waals surface area contributed by atoms with Crippen molar-refractivity contribution in [3.63, 3.8) is 0 Å². The van der Waals surface area contributed by atoms with Crippen LogP contribution in [-0.2, 0) is 14.3 Å². The monoisotopic (exact) mass is 257 g/mol. The van der Waals surface area contributed by atoms with Gasteiger partial charge in [0.1, 0.15) is 0 Å². The van der Waals surface area contributed by atoms with Gasteiger partial charge in [-0.1, -0.05) is 6.92 Å². The Bertz CT molecular complexity index is 340. The summed E-state index contributed by atoms with van der Waals surface area (Å²) in [7, 11) is 1.59. The second-order valence-corrected chi connectivity index (χ2v) is 5.77. The largest absolute Gasteiger partial charge is 0.481 e. The highest BCUT2D eigenvalue weighted by Crippen LogP contribution is 2.31. The average Bonchev–Trinajstić information content (AvgIpc) is 2.23. The molecule has 1 aliphatic heterocycles. The molecular formula is C13H23NO4. The number of hydrogen-bond acceptors (Lipinski definition) is 3. The Morgan fingerprint density at radius 2 is 2.06 bits per heavy atom. The molecule has 0 saturated carbocycles. The molecule has 0 aromatic carbocycles. The Morgan fingerprint density at radius 1 is 1.50 bits per heavy atom. The molecule has 104 valence electrons. The zero-order chi connectivity index (χ0) is 14.1. The van der Waals surface area contributed by atoms with Gasteiger partial charge in [0, 0.05) is 26.1 Å². The Morgan fingerprint density at radius 3 is 2.50 bits per heavy atom. The molecule has 0 aromatic heterocycles. The third kappa shape index (κ3) is 3.02. The van der Waals surface area contributed by atoms with Gasteiger partial charge >= 0.3 is 5.97 Å².